The van der Waals surface area contributed by atoms with Crippen LogP contribution in [0.2, 0.25) is 10.0 Å². The number of aromatic nitrogens is 2. The molecule has 0 saturated carbocycles. The molecule has 2 N–H and O–H groups in total. The van der Waals surface area contributed by atoms with E-state index in [1.54, 1.807) is 41.6 Å². The van der Waals surface area contributed by atoms with E-state index in [-0.39, 0.29) is 18.9 Å². The van der Waals surface area contributed by atoms with Crippen molar-refractivity contribution in [2.75, 3.05) is 42.9 Å². The van der Waals surface area contributed by atoms with Crippen molar-refractivity contribution in [2.45, 2.75) is 6.42 Å². The lowest BCUT2D eigenvalue weighted by atomic mass is 10.3. The molecule has 10 heteroatoms. The fraction of sp³-hybridized carbons (Fsp3) is 0.333. The Bertz CT molecular complexity index is 808. The lowest BCUT2D eigenvalue weighted by Gasteiger charge is -2.34. The average Bonchev–Trinajstić information content (AvgIpc) is 2.68. The molecule has 148 valence electrons. The number of rotatable bonds is 5. The molecule has 1 aromatic heterocycles. The van der Waals surface area contributed by atoms with Gasteiger partial charge in [0.05, 0.1) is 0 Å². The normalized spacial score (nSPS) is 13.9. The van der Waals surface area contributed by atoms with Crippen molar-refractivity contribution >= 4 is 46.8 Å². The Kier molecular flexibility index (Phi) is 6.89. The lowest BCUT2D eigenvalue weighted by molar-refractivity contribution is -0.131. The maximum absolute atomic E-state index is 12.3. The standard InChI is InChI=1S/C18H20Cl2N6O2/c19-13-10-14(20)12-15(11-13)24-18(28)23-5-2-16(27)25-6-8-26(9-7-25)17-21-3-1-4-22-17/h1,3-4,10-12H,2,5-9H2,(H2,23,24,28). The van der Waals surface area contributed by atoms with Gasteiger partial charge in [-0.3, -0.25) is 4.79 Å². The van der Waals surface area contributed by atoms with Crippen LogP contribution in [0, 0.1) is 0 Å². The minimum absolute atomic E-state index is 0.000250. The first-order valence-corrected chi connectivity index (χ1v) is 9.57. The molecule has 1 saturated heterocycles. The van der Waals surface area contributed by atoms with E-state index in [9.17, 15) is 9.59 Å². The number of nitrogens with zero attached hydrogens (tertiary/aromatic N) is 4. The predicted molar refractivity (Wildman–Crippen MR) is 109 cm³/mol. The molecule has 1 aliphatic heterocycles. The lowest BCUT2D eigenvalue weighted by Crippen LogP contribution is -2.49. The van der Waals surface area contributed by atoms with Crippen LogP contribution in [0.1, 0.15) is 6.42 Å². The molecule has 1 aliphatic rings. The number of piperazine rings is 1. The van der Waals surface area contributed by atoms with Crippen molar-refractivity contribution in [3.05, 3.63) is 46.7 Å². The molecule has 2 aromatic rings. The van der Waals surface area contributed by atoms with Crippen molar-refractivity contribution in [3.63, 3.8) is 0 Å². The van der Waals surface area contributed by atoms with Crippen LogP contribution in [0.25, 0.3) is 0 Å². The SMILES string of the molecule is O=C(NCCC(=O)N1CCN(c2ncccn2)CC1)Nc1cc(Cl)cc(Cl)c1. The van der Waals surface area contributed by atoms with Gasteiger partial charge in [-0.1, -0.05) is 23.2 Å². The number of carbonyl (C=O) groups excluding carboxylic acids is 2. The average molecular weight is 423 g/mol. The van der Waals surface area contributed by atoms with Gasteiger partial charge in [0, 0.05) is 67.3 Å². The number of hydrogen-bond acceptors (Lipinski definition) is 5. The van der Waals surface area contributed by atoms with Gasteiger partial charge in [-0.15, -0.1) is 0 Å². The molecule has 0 bridgehead atoms. The Morgan fingerprint density at radius 1 is 1.00 bits per heavy atom. The van der Waals surface area contributed by atoms with Crippen LogP contribution >= 0.6 is 23.2 Å². The summed E-state index contributed by atoms with van der Waals surface area (Å²) >= 11 is 11.8. The van der Waals surface area contributed by atoms with E-state index in [4.69, 9.17) is 23.2 Å². The van der Waals surface area contributed by atoms with Gasteiger partial charge in [-0.2, -0.15) is 0 Å². The molecule has 0 radical (unpaired) electrons. The maximum Gasteiger partial charge on any atom is 0.319 e. The molecule has 3 rings (SSSR count). The van der Waals surface area contributed by atoms with Crippen molar-refractivity contribution in [3.8, 4) is 0 Å². The summed E-state index contributed by atoms with van der Waals surface area (Å²) in [5.74, 6) is 0.675. The van der Waals surface area contributed by atoms with Crippen molar-refractivity contribution < 1.29 is 9.59 Å². The molecule has 0 unspecified atom stereocenters. The molecule has 0 aliphatic carbocycles. The minimum Gasteiger partial charge on any atom is -0.339 e. The fourth-order valence-corrected chi connectivity index (χ4v) is 3.38. The summed E-state index contributed by atoms with van der Waals surface area (Å²) in [5, 5.41) is 6.15. The van der Waals surface area contributed by atoms with Gasteiger partial charge >= 0.3 is 6.03 Å². The quantitative estimate of drug-likeness (QED) is 0.772. The molecular weight excluding hydrogens is 403 g/mol. The molecule has 0 atom stereocenters. The van der Waals surface area contributed by atoms with Crippen molar-refractivity contribution in [1.82, 2.24) is 20.2 Å². The fourth-order valence-electron chi connectivity index (χ4n) is 2.85. The Morgan fingerprint density at radius 3 is 2.29 bits per heavy atom. The van der Waals surface area contributed by atoms with Gasteiger partial charge in [0.1, 0.15) is 0 Å². The number of nitrogens with one attached hydrogen (secondary N) is 2. The molecule has 1 fully saturated rings. The van der Waals surface area contributed by atoms with Crippen LogP contribution in [0.4, 0.5) is 16.4 Å². The van der Waals surface area contributed by atoms with Crippen LogP contribution < -0.4 is 15.5 Å². The van der Waals surface area contributed by atoms with Gasteiger partial charge in [0.15, 0.2) is 0 Å². The molecule has 0 spiro atoms. The third-order valence-electron chi connectivity index (χ3n) is 4.21. The number of halogens is 2. The zero-order valence-electron chi connectivity index (χ0n) is 15.1. The van der Waals surface area contributed by atoms with E-state index in [1.807, 2.05) is 4.90 Å². The second-order valence-corrected chi connectivity index (χ2v) is 7.08. The molecule has 28 heavy (non-hydrogen) atoms. The smallest absolute Gasteiger partial charge is 0.319 e. The summed E-state index contributed by atoms with van der Waals surface area (Å²) in [6.07, 6.45) is 3.63. The number of urea groups is 1. The Labute approximate surface area is 172 Å². The van der Waals surface area contributed by atoms with E-state index < -0.39 is 6.03 Å². The highest BCUT2D eigenvalue weighted by Crippen LogP contribution is 2.22. The van der Waals surface area contributed by atoms with Gasteiger partial charge in [0.25, 0.3) is 0 Å². The summed E-state index contributed by atoms with van der Waals surface area (Å²) in [4.78, 5) is 36.6. The molecule has 1 aromatic carbocycles. The summed E-state index contributed by atoms with van der Waals surface area (Å²) in [6.45, 7) is 2.80. The first-order valence-electron chi connectivity index (χ1n) is 8.82. The Hall–Kier alpha value is -2.58. The van der Waals surface area contributed by atoms with E-state index in [0.29, 0.717) is 47.9 Å². The Morgan fingerprint density at radius 2 is 1.64 bits per heavy atom. The summed E-state index contributed by atoms with van der Waals surface area (Å²) in [5.41, 5.74) is 0.487. The number of anilines is 2. The number of carbonyl (C=O) groups is 2. The highest BCUT2D eigenvalue weighted by molar-refractivity contribution is 6.35. The Balaban J connectivity index is 1.38. The van der Waals surface area contributed by atoms with Crippen LogP contribution in [0.3, 0.4) is 0 Å². The number of hydrogen-bond donors (Lipinski definition) is 2. The monoisotopic (exact) mass is 422 g/mol. The third-order valence-corrected chi connectivity index (χ3v) is 4.65. The van der Waals surface area contributed by atoms with Crippen molar-refractivity contribution in [2.24, 2.45) is 0 Å². The summed E-state index contributed by atoms with van der Waals surface area (Å²) in [6, 6.07) is 6.11. The highest BCUT2D eigenvalue weighted by atomic mass is 35.5. The van der Waals surface area contributed by atoms with Crippen LogP contribution in [-0.2, 0) is 4.79 Å². The van der Waals surface area contributed by atoms with E-state index in [1.165, 1.54) is 0 Å². The van der Waals surface area contributed by atoms with Crippen LogP contribution in [0.5, 0.6) is 0 Å². The van der Waals surface area contributed by atoms with Gasteiger partial charge in [-0.25, -0.2) is 14.8 Å². The summed E-state index contributed by atoms with van der Waals surface area (Å²) in [7, 11) is 0. The highest BCUT2D eigenvalue weighted by Gasteiger charge is 2.22. The van der Waals surface area contributed by atoms with Gasteiger partial charge in [0.2, 0.25) is 11.9 Å². The first kappa shape index (κ1) is 20.2. The molecule has 8 nitrogen and oxygen atoms in total. The van der Waals surface area contributed by atoms with E-state index >= 15 is 0 Å². The molecule has 2 heterocycles. The molecular formula is C18H20Cl2N6O2. The van der Waals surface area contributed by atoms with Gasteiger partial charge < -0.3 is 20.4 Å². The molecule has 3 amide bonds. The van der Waals surface area contributed by atoms with E-state index in [0.717, 1.165) is 0 Å². The second kappa shape index (κ2) is 9.57. The maximum atomic E-state index is 12.3. The largest absolute Gasteiger partial charge is 0.339 e. The number of amides is 3. The summed E-state index contributed by atoms with van der Waals surface area (Å²) < 4.78 is 0. The first-order chi connectivity index (χ1) is 13.5. The van der Waals surface area contributed by atoms with Gasteiger partial charge in [-0.05, 0) is 24.3 Å². The number of benzene rings is 1. The van der Waals surface area contributed by atoms with Crippen molar-refractivity contribution in [1.29, 1.82) is 0 Å². The zero-order valence-corrected chi connectivity index (χ0v) is 16.6. The third kappa shape index (κ3) is 5.71. The van der Waals surface area contributed by atoms with Crippen LogP contribution in [-0.4, -0.2) is 59.5 Å². The minimum atomic E-state index is -0.419. The predicted octanol–water partition coefficient (Wildman–Crippen LogP) is 2.64. The van der Waals surface area contributed by atoms with Crippen LogP contribution in [0.15, 0.2) is 36.7 Å². The second-order valence-electron chi connectivity index (χ2n) is 6.21. The topological polar surface area (TPSA) is 90.5 Å². The zero-order chi connectivity index (χ0) is 19.9. The van der Waals surface area contributed by atoms with E-state index in [2.05, 4.69) is 20.6 Å².